The Morgan fingerprint density at radius 3 is 2.58 bits per heavy atom. The summed E-state index contributed by atoms with van der Waals surface area (Å²) in [5.41, 5.74) is 0.992. The molecule has 0 aliphatic rings. The molecule has 104 valence electrons. The molecule has 5 heteroatoms. The number of carbonyl (C=O) groups excluding carboxylic acids is 2. The predicted molar refractivity (Wildman–Crippen MR) is 81.6 cm³/mol. The zero-order valence-corrected chi connectivity index (χ0v) is 13.4. The van der Waals surface area contributed by atoms with E-state index in [4.69, 9.17) is 4.74 Å². The normalized spacial score (nSPS) is 12.1. The van der Waals surface area contributed by atoms with Gasteiger partial charge in [0.05, 0.1) is 7.11 Å². The lowest BCUT2D eigenvalue weighted by molar-refractivity contribution is -0.145. The first kappa shape index (κ1) is 15.9. The highest BCUT2D eigenvalue weighted by molar-refractivity contribution is 14.1. The third-order valence-electron chi connectivity index (χ3n) is 2.66. The van der Waals surface area contributed by atoms with Crippen molar-refractivity contribution in [1.29, 1.82) is 0 Å². The van der Waals surface area contributed by atoms with E-state index in [0.717, 1.165) is 9.13 Å². The lowest BCUT2D eigenvalue weighted by atomic mass is 10.1. The highest BCUT2D eigenvalue weighted by Crippen LogP contribution is 2.11. The molecule has 0 spiro atoms. The first-order valence-corrected chi connectivity index (χ1v) is 7.14. The average Bonchev–Trinajstić information content (AvgIpc) is 2.36. The second-order valence-corrected chi connectivity index (χ2v) is 5.82. The molecule has 0 radical (unpaired) electrons. The number of rotatable bonds is 5. The van der Waals surface area contributed by atoms with E-state index in [-0.39, 0.29) is 11.8 Å². The molecule has 19 heavy (non-hydrogen) atoms. The quantitative estimate of drug-likeness (QED) is 0.634. The van der Waals surface area contributed by atoms with Crippen LogP contribution in [0.25, 0.3) is 0 Å². The van der Waals surface area contributed by atoms with Crippen LogP contribution >= 0.6 is 22.6 Å². The topological polar surface area (TPSA) is 55.4 Å². The molecule has 0 aliphatic carbocycles. The van der Waals surface area contributed by atoms with Crippen molar-refractivity contribution in [2.24, 2.45) is 5.92 Å². The summed E-state index contributed by atoms with van der Waals surface area (Å²) in [6.45, 7) is 3.57. The maximum atomic E-state index is 11.7. The largest absolute Gasteiger partial charge is 0.467 e. The lowest BCUT2D eigenvalue weighted by Crippen LogP contribution is -2.44. The Labute approximate surface area is 127 Å². The number of ether oxygens (including phenoxy) is 1. The van der Waals surface area contributed by atoms with Crippen LogP contribution in [0, 0.1) is 9.49 Å². The smallest absolute Gasteiger partial charge is 0.328 e. The minimum absolute atomic E-state index is 0.152. The number of amides is 1. The Morgan fingerprint density at radius 1 is 1.37 bits per heavy atom. The van der Waals surface area contributed by atoms with Gasteiger partial charge in [0.25, 0.3) is 0 Å². The number of benzene rings is 1. The van der Waals surface area contributed by atoms with E-state index in [2.05, 4.69) is 27.9 Å². The molecule has 0 heterocycles. The molecule has 1 amide bonds. The van der Waals surface area contributed by atoms with Gasteiger partial charge in [-0.15, -0.1) is 0 Å². The van der Waals surface area contributed by atoms with Crippen LogP contribution in [0.5, 0.6) is 0 Å². The van der Waals surface area contributed by atoms with Crippen LogP contribution in [0.2, 0.25) is 0 Å². The van der Waals surface area contributed by atoms with E-state index < -0.39 is 12.0 Å². The molecule has 0 saturated heterocycles. The van der Waals surface area contributed by atoms with Gasteiger partial charge < -0.3 is 10.1 Å². The molecule has 0 aliphatic heterocycles. The fourth-order valence-electron chi connectivity index (χ4n) is 1.57. The summed E-state index contributed by atoms with van der Waals surface area (Å²) in [5, 5.41) is 2.72. The number of carbonyl (C=O) groups is 2. The first-order chi connectivity index (χ1) is 8.93. The molecule has 0 fully saturated rings. The molecular formula is C14H18INO3. The van der Waals surface area contributed by atoms with Gasteiger partial charge in [-0.1, -0.05) is 26.0 Å². The summed E-state index contributed by atoms with van der Waals surface area (Å²) in [5.74, 6) is -0.739. The van der Waals surface area contributed by atoms with Crippen LogP contribution in [0.3, 0.4) is 0 Å². The van der Waals surface area contributed by atoms with E-state index in [9.17, 15) is 9.59 Å². The Hall–Kier alpha value is -1.11. The molecule has 0 aromatic heterocycles. The number of esters is 1. The molecule has 1 atom stereocenters. The minimum atomic E-state index is -0.641. The highest BCUT2D eigenvalue weighted by Gasteiger charge is 2.23. The lowest BCUT2D eigenvalue weighted by Gasteiger charge is -2.18. The third-order valence-corrected chi connectivity index (χ3v) is 3.33. The molecular weight excluding hydrogens is 357 g/mol. The van der Waals surface area contributed by atoms with Crippen molar-refractivity contribution in [3.8, 4) is 0 Å². The number of nitrogens with one attached hydrogen (secondary N) is 1. The predicted octanol–water partition coefficient (Wildman–Crippen LogP) is 2.15. The summed E-state index contributed by atoms with van der Waals surface area (Å²) >= 11 is 2.21. The second-order valence-electron chi connectivity index (χ2n) is 4.57. The van der Waals surface area contributed by atoms with Crippen molar-refractivity contribution in [3.63, 3.8) is 0 Å². The van der Waals surface area contributed by atoms with Crippen molar-refractivity contribution >= 4 is 34.5 Å². The molecule has 0 saturated carbocycles. The van der Waals surface area contributed by atoms with Crippen LogP contribution in [-0.4, -0.2) is 25.0 Å². The van der Waals surface area contributed by atoms with Gasteiger partial charge in [0, 0.05) is 15.9 Å². The molecule has 1 aromatic carbocycles. The van der Waals surface area contributed by atoms with Gasteiger partial charge in [-0.2, -0.15) is 0 Å². The van der Waals surface area contributed by atoms with Gasteiger partial charge in [0.15, 0.2) is 0 Å². The van der Waals surface area contributed by atoms with E-state index >= 15 is 0 Å². The standard InChI is InChI=1S/C14H18INO3/c1-9(2)13(17)16-12(14(18)19-3)8-10-5-4-6-11(15)7-10/h4-7,9,12H,8H2,1-3H3,(H,16,17)/t12-/m0/s1. The van der Waals surface area contributed by atoms with E-state index in [0.29, 0.717) is 6.42 Å². The van der Waals surface area contributed by atoms with Gasteiger partial charge in [0.1, 0.15) is 6.04 Å². The summed E-state index contributed by atoms with van der Waals surface area (Å²) in [6, 6.07) is 7.18. The van der Waals surface area contributed by atoms with Gasteiger partial charge in [-0.05, 0) is 40.3 Å². The van der Waals surface area contributed by atoms with Gasteiger partial charge >= 0.3 is 5.97 Å². The fraction of sp³-hybridized carbons (Fsp3) is 0.429. The molecule has 4 nitrogen and oxygen atoms in total. The summed E-state index contributed by atoms with van der Waals surface area (Å²) in [4.78, 5) is 23.4. The zero-order chi connectivity index (χ0) is 14.4. The molecule has 1 aromatic rings. The summed E-state index contributed by atoms with van der Waals surface area (Å²) in [7, 11) is 1.33. The van der Waals surface area contributed by atoms with Gasteiger partial charge in [-0.3, -0.25) is 4.79 Å². The minimum Gasteiger partial charge on any atom is -0.467 e. The molecule has 0 unspecified atom stereocenters. The molecule has 0 bridgehead atoms. The van der Waals surface area contributed by atoms with E-state index in [1.165, 1.54) is 7.11 Å². The fourth-order valence-corrected chi connectivity index (χ4v) is 2.18. The summed E-state index contributed by atoms with van der Waals surface area (Å²) < 4.78 is 5.83. The van der Waals surface area contributed by atoms with Crippen molar-refractivity contribution in [3.05, 3.63) is 33.4 Å². The number of hydrogen-bond donors (Lipinski definition) is 1. The maximum Gasteiger partial charge on any atom is 0.328 e. The van der Waals surface area contributed by atoms with Gasteiger partial charge in [0.2, 0.25) is 5.91 Å². The van der Waals surface area contributed by atoms with Crippen molar-refractivity contribution in [2.75, 3.05) is 7.11 Å². The SMILES string of the molecule is COC(=O)[C@H](Cc1cccc(I)c1)NC(=O)C(C)C. The Bertz CT molecular complexity index is 460. The van der Waals surface area contributed by atoms with Crippen molar-refractivity contribution < 1.29 is 14.3 Å². The van der Waals surface area contributed by atoms with Crippen molar-refractivity contribution in [1.82, 2.24) is 5.32 Å². The number of halogens is 1. The van der Waals surface area contributed by atoms with Crippen LogP contribution in [-0.2, 0) is 20.7 Å². The highest BCUT2D eigenvalue weighted by atomic mass is 127. The molecule has 1 N–H and O–H groups in total. The maximum absolute atomic E-state index is 11.7. The van der Waals surface area contributed by atoms with Crippen LogP contribution in [0.1, 0.15) is 19.4 Å². The average molecular weight is 375 g/mol. The number of methoxy groups -OCH3 is 1. The molecule has 1 rings (SSSR count). The Balaban J connectivity index is 2.80. The summed E-state index contributed by atoms with van der Waals surface area (Å²) in [6.07, 6.45) is 0.433. The monoisotopic (exact) mass is 375 g/mol. The third kappa shape index (κ3) is 5.18. The van der Waals surface area contributed by atoms with Gasteiger partial charge in [-0.25, -0.2) is 4.79 Å². The Kier molecular flexibility index (Phi) is 6.27. The zero-order valence-electron chi connectivity index (χ0n) is 11.3. The van der Waals surface area contributed by atoms with Crippen LogP contribution < -0.4 is 5.32 Å². The number of hydrogen-bond acceptors (Lipinski definition) is 3. The van der Waals surface area contributed by atoms with E-state index in [1.54, 1.807) is 13.8 Å². The van der Waals surface area contributed by atoms with Crippen molar-refractivity contribution in [2.45, 2.75) is 26.3 Å². The second kappa shape index (κ2) is 7.47. The first-order valence-electron chi connectivity index (χ1n) is 6.06. The Morgan fingerprint density at radius 2 is 2.05 bits per heavy atom. The van der Waals surface area contributed by atoms with Crippen LogP contribution in [0.4, 0.5) is 0 Å². The van der Waals surface area contributed by atoms with Crippen LogP contribution in [0.15, 0.2) is 24.3 Å². The van der Waals surface area contributed by atoms with E-state index in [1.807, 2.05) is 24.3 Å².